The van der Waals surface area contributed by atoms with Crippen LogP contribution in [-0.2, 0) is 29.6 Å². The predicted molar refractivity (Wildman–Crippen MR) is 89.1 cm³/mol. The van der Waals surface area contributed by atoms with Crippen LogP contribution in [0.2, 0.25) is 0 Å². The summed E-state index contributed by atoms with van der Waals surface area (Å²) in [5, 5.41) is 0.628. The van der Waals surface area contributed by atoms with Crippen molar-refractivity contribution in [2.24, 2.45) is 0 Å². The number of hydrogen-bond acceptors (Lipinski definition) is 5. The van der Waals surface area contributed by atoms with E-state index in [1.807, 2.05) is 26.0 Å². The molecule has 0 spiro atoms. The number of aryl methyl sites for hydroxylation is 2. The first-order chi connectivity index (χ1) is 10.9. The van der Waals surface area contributed by atoms with Crippen molar-refractivity contribution in [3.8, 4) is 0 Å². The standard InChI is InChI=1S/C17H23O5P/c1-5-20-17(18)8-7-15-11-14-9-12(3)13(4)10-16(14)23(19,22-15)21-6-2/h7-10,15H,5-6,11H2,1-4H3/b8-7+. The van der Waals surface area contributed by atoms with Crippen molar-refractivity contribution in [2.45, 2.75) is 40.2 Å². The van der Waals surface area contributed by atoms with Gasteiger partial charge in [0.25, 0.3) is 0 Å². The number of fused-ring (bicyclic) bond motifs is 1. The molecule has 5 nitrogen and oxygen atoms in total. The van der Waals surface area contributed by atoms with Gasteiger partial charge in [-0.05, 0) is 56.5 Å². The Labute approximate surface area is 137 Å². The van der Waals surface area contributed by atoms with Crippen molar-refractivity contribution in [2.75, 3.05) is 13.2 Å². The summed E-state index contributed by atoms with van der Waals surface area (Å²) in [5.74, 6) is -0.437. The van der Waals surface area contributed by atoms with E-state index in [0.29, 0.717) is 18.3 Å². The van der Waals surface area contributed by atoms with Crippen LogP contribution in [0.3, 0.4) is 0 Å². The van der Waals surface area contributed by atoms with Gasteiger partial charge in [-0.15, -0.1) is 0 Å². The highest BCUT2D eigenvalue weighted by molar-refractivity contribution is 7.62. The fourth-order valence-electron chi connectivity index (χ4n) is 2.52. The lowest BCUT2D eigenvalue weighted by molar-refractivity contribution is -0.137. The minimum atomic E-state index is -3.39. The monoisotopic (exact) mass is 338 g/mol. The van der Waals surface area contributed by atoms with Gasteiger partial charge in [-0.1, -0.05) is 6.07 Å². The Balaban J connectivity index is 2.34. The van der Waals surface area contributed by atoms with E-state index in [4.69, 9.17) is 13.8 Å². The summed E-state index contributed by atoms with van der Waals surface area (Å²) in [5.41, 5.74) is 3.12. The minimum absolute atomic E-state index is 0.290. The fourth-order valence-corrected chi connectivity index (χ4v) is 4.53. The molecule has 0 aromatic heterocycles. The summed E-state index contributed by atoms with van der Waals surface area (Å²) in [6, 6.07) is 3.90. The largest absolute Gasteiger partial charge is 0.463 e. The molecule has 1 heterocycles. The molecule has 1 aromatic carbocycles. The Bertz CT molecular complexity index is 665. The van der Waals surface area contributed by atoms with Crippen LogP contribution >= 0.6 is 7.60 Å². The topological polar surface area (TPSA) is 61.8 Å². The second-order valence-corrected chi connectivity index (χ2v) is 7.39. The molecule has 1 aliphatic rings. The molecule has 126 valence electrons. The molecule has 1 aromatic rings. The van der Waals surface area contributed by atoms with Gasteiger partial charge in [0.2, 0.25) is 0 Å². The quantitative estimate of drug-likeness (QED) is 0.469. The Morgan fingerprint density at radius 3 is 2.65 bits per heavy atom. The summed E-state index contributed by atoms with van der Waals surface area (Å²) in [6.45, 7) is 8.11. The molecule has 2 atom stereocenters. The molecule has 1 aliphatic heterocycles. The lowest BCUT2D eigenvalue weighted by Gasteiger charge is -2.30. The van der Waals surface area contributed by atoms with Crippen LogP contribution in [-0.4, -0.2) is 25.3 Å². The maximum Gasteiger partial charge on any atom is 0.362 e. The first-order valence-corrected chi connectivity index (χ1v) is 9.32. The predicted octanol–water partition coefficient (Wildman–Crippen LogP) is 3.22. The Morgan fingerprint density at radius 2 is 2.00 bits per heavy atom. The number of carbonyl (C=O) groups excluding carboxylic acids is 1. The summed E-state index contributed by atoms with van der Waals surface area (Å²) >= 11 is 0. The first kappa shape index (κ1) is 17.9. The zero-order valence-electron chi connectivity index (χ0n) is 14.0. The molecule has 0 aliphatic carbocycles. The van der Waals surface area contributed by atoms with Crippen molar-refractivity contribution in [1.82, 2.24) is 0 Å². The van der Waals surface area contributed by atoms with Crippen molar-refractivity contribution < 1.29 is 23.1 Å². The number of benzene rings is 1. The molecule has 0 radical (unpaired) electrons. The van der Waals surface area contributed by atoms with Crippen molar-refractivity contribution in [3.05, 3.63) is 41.0 Å². The lowest BCUT2D eigenvalue weighted by atomic mass is 10.0. The third-order valence-electron chi connectivity index (χ3n) is 3.72. The van der Waals surface area contributed by atoms with Gasteiger partial charge in [0.15, 0.2) is 0 Å². The molecule has 0 bridgehead atoms. The molecule has 23 heavy (non-hydrogen) atoms. The van der Waals surface area contributed by atoms with Gasteiger partial charge in [-0.25, -0.2) is 4.79 Å². The smallest absolute Gasteiger partial charge is 0.362 e. The van der Waals surface area contributed by atoms with Crippen LogP contribution in [0.1, 0.15) is 30.5 Å². The maximum atomic E-state index is 13.1. The summed E-state index contributed by atoms with van der Waals surface area (Å²) in [6.07, 6.45) is 2.97. The summed E-state index contributed by atoms with van der Waals surface area (Å²) < 4.78 is 29.1. The van der Waals surface area contributed by atoms with E-state index in [0.717, 1.165) is 16.7 Å². The zero-order chi connectivity index (χ0) is 17.0. The van der Waals surface area contributed by atoms with E-state index < -0.39 is 19.7 Å². The van der Waals surface area contributed by atoms with Crippen LogP contribution in [0, 0.1) is 13.8 Å². The maximum absolute atomic E-state index is 13.1. The summed E-state index contributed by atoms with van der Waals surface area (Å²) in [4.78, 5) is 11.5. The molecular formula is C17H23O5P. The Morgan fingerprint density at radius 1 is 1.30 bits per heavy atom. The SMILES string of the molecule is CCOC(=O)/C=C/C1Cc2cc(C)c(C)cc2P(=O)(OCC)O1. The van der Waals surface area contributed by atoms with E-state index in [1.54, 1.807) is 19.9 Å². The number of hydrogen-bond donors (Lipinski definition) is 0. The van der Waals surface area contributed by atoms with Crippen LogP contribution in [0.25, 0.3) is 0 Å². The van der Waals surface area contributed by atoms with Crippen molar-refractivity contribution in [1.29, 1.82) is 0 Å². The average molecular weight is 338 g/mol. The van der Waals surface area contributed by atoms with E-state index >= 15 is 0 Å². The Hall–Kier alpha value is -1.42. The van der Waals surface area contributed by atoms with Crippen molar-refractivity contribution in [3.63, 3.8) is 0 Å². The minimum Gasteiger partial charge on any atom is -0.463 e. The van der Waals surface area contributed by atoms with E-state index in [9.17, 15) is 9.36 Å². The molecular weight excluding hydrogens is 315 g/mol. The van der Waals surface area contributed by atoms with Gasteiger partial charge in [0, 0.05) is 12.5 Å². The van der Waals surface area contributed by atoms with Crippen LogP contribution < -0.4 is 5.30 Å². The average Bonchev–Trinajstić information content (AvgIpc) is 2.48. The third kappa shape index (κ3) is 4.11. The van der Waals surface area contributed by atoms with E-state index in [-0.39, 0.29) is 6.61 Å². The third-order valence-corrected chi connectivity index (χ3v) is 5.87. The molecule has 0 saturated carbocycles. The van der Waals surface area contributed by atoms with Crippen LogP contribution in [0.15, 0.2) is 24.3 Å². The molecule has 0 amide bonds. The van der Waals surface area contributed by atoms with Gasteiger partial charge < -0.3 is 9.26 Å². The highest BCUT2D eigenvalue weighted by Gasteiger charge is 2.37. The fraction of sp³-hybridized carbons (Fsp3) is 0.471. The van der Waals surface area contributed by atoms with Gasteiger partial charge >= 0.3 is 13.6 Å². The first-order valence-electron chi connectivity index (χ1n) is 7.78. The molecule has 6 heteroatoms. The number of carbonyl (C=O) groups is 1. The summed E-state index contributed by atoms with van der Waals surface area (Å²) in [7, 11) is -3.39. The lowest BCUT2D eigenvalue weighted by Crippen LogP contribution is -2.29. The zero-order valence-corrected chi connectivity index (χ0v) is 14.9. The van der Waals surface area contributed by atoms with Gasteiger partial charge in [0.05, 0.1) is 24.6 Å². The van der Waals surface area contributed by atoms with E-state index in [1.165, 1.54) is 6.08 Å². The molecule has 2 unspecified atom stereocenters. The molecule has 0 N–H and O–H groups in total. The normalized spacial score (nSPS) is 23.7. The van der Waals surface area contributed by atoms with E-state index in [2.05, 4.69) is 0 Å². The molecule has 0 saturated heterocycles. The molecule has 0 fully saturated rings. The highest BCUT2D eigenvalue weighted by atomic mass is 31.2. The highest BCUT2D eigenvalue weighted by Crippen LogP contribution is 2.52. The van der Waals surface area contributed by atoms with Gasteiger partial charge in [0.1, 0.15) is 0 Å². The van der Waals surface area contributed by atoms with Gasteiger partial charge in [-0.3, -0.25) is 9.09 Å². The van der Waals surface area contributed by atoms with Crippen LogP contribution in [0.4, 0.5) is 0 Å². The number of ether oxygens (including phenoxy) is 1. The Kier molecular flexibility index (Phi) is 5.79. The molecule has 2 rings (SSSR count). The number of esters is 1. The second-order valence-electron chi connectivity index (χ2n) is 5.44. The number of rotatable bonds is 5. The van der Waals surface area contributed by atoms with Crippen molar-refractivity contribution >= 4 is 18.9 Å². The van der Waals surface area contributed by atoms with Crippen LogP contribution in [0.5, 0.6) is 0 Å². The van der Waals surface area contributed by atoms with Gasteiger partial charge in [-0.2, -0.15) is 0 Å². The second kappa shape index (κ2) is 7.43.